The van der Waals surface area contributed by atoms with E-state index in [9.17, 15) is 29.8 Å². The molecule has 0 aliphatic carbocycles. The first-order chi connectivity index (χ1) is 12.7. The van der Waals surface area contributed by atoms with E-state index in [0.29, 0.717) is 5.69 Å². The average Bonchev–Trinajstić information content (AvgIpc) is 2.87. The monoisotopic (exact) mass is 377 g/mol. The van der Waals surface area contributed by atoms with Crippen molar-refractivity contribution in [2.45, 2.75) is 20.4 Å². The maximum Gasteiger partial charge on any atom is 0.328 e. The number of non-ortho nitro benzene ring substituents is 1. The summed E-state index contributed by atoms with van der Waals surface area (Å²) in [7, 11) is 0. The third-order valence-electron chi connectivity index (χ3n) is 3.53. The van der Waals surface area contributed by atoms with Crippen molar-refractivity contribution in [3.05, 3.63) is 55.9 Å². The molecule has 1 heterocycles. The first kappa shape index (κ1) is 19.5. The van der Waals surface area contributed by atoms with Gasteiger partial charge in [-0.25, -0.2) is 0 Å². The van der Waals surface area contributed by atoms with E-state index in [1.807, 2.05) is 0 Å². The van der Waals surface area contributed by atoms with E-state index in [1.54, 1.807) is 0 Å². The lowest BCUT2D eigenvalue weighted by molar-refractivity contribution is -0.386. The number of amides is 1. The minimum Gasteiger partial charge on any atom is -0.454 e. The smallest absolute Gasteiger partial charge is 0.328 e. The highest BCUT2D eigenvalue weighted by molar-refractivity contribution is 5.92. The molecule has 1 aromatic carbocycles. The minimum atomic E-state index is -0.797. The number of aryl methyl sites for hydroxylation is 1. The molecule has 1 amide bonds. The zero-order valence-electron chi connectivity index (χ0n) is 14.4. The van der Waals surface area contributed by atoms with Crippen LogP contribution in [0.3, 0.4) is 0 Å². The number of aromatic nitrogens is 2. The van der Waals surface area contributed by atoms with Crippen LogP contribution in [0.2, 0.25) is 0 Å². The lowest BCUT2D eigenvalue weighted by Gasteiger charge is -2.07. The van der Waals surface area contributed by atoms with E-state index in [-0.39, 0.29) is 29.3 Å². The number of rotatable bonds is 7. The van der Waals surface area contributed by atoms with Gasteiger partial charge in [-0.3, -0.25) is 34.5 Å². The zero-order valence-corrected chi connectivity index (χ0v) is 14.4. The number of benzene rings is 1. The molecule has 0 aliphatic rings. The Balaban J connectivity index is 1.88. The van der Waals surface area contributed by atoms with Crippen molar-refractivity contribution in [1.29, 1.82) is 0 Å². The standard InChI is InChI=1S/C15H15N5O7/c1-9-15(20(25)26)10(2)18(17-9)7-14(22)27-8-13(21)16-11-3-5-12(6-4-11)19(23)24/h3-6H,7-8H2,1-2H3,(H,16,21). The maximum atomic E-state index is 11.8. The van der Waals surface area contributed by atoms with Crippen LogP contribution in [0.1, 0.15) is 11.4 Å². The SMILES string of the molecule is Cc1nn(CC(=O)OCC(=O)Nc2ccc([N+](=O)[O-])cc2)c(C)c1[N+](=O)[O-]. The third-order valence-corrected chi connectivity index (χ3v) is 3.53. The predicted octanol–water partition coefficient (Wildman–Crippen LogP) is 1.50. The van der Waals surface area contributed by atoms with Crippen molar-refractivity contribution in [2.75, 3.05) is 11.9 Å². The number of anilines is 1. The van der Waals surface area contributed by atoms with E-state index in [2.05, 4.69) is 10.4 Å². The molecule has 1 N–H and O–H groups in total. The van der Waals surface area contributed by atoms with Gasteiger partial charge in [0.1, 0.15) is 17.9 Å². The van der Waals surface area contributed by atoms with Crippen LogP contribution in [0.15, 0.2) is 24.3 Å². The van der Waals surface area contributed by atoms with Gasteiger partial charge in [0.05, 0.1) is 9.85 Å². The van der Waals surface area contributed by atoms with Crippen molar-refractivity contribution in [1.82, 2.24) is 9.78 Å². The van der Waals surface area contributed by atoms with Gasteiger partial charge in [0.2, 0.25) is 0 Å². The summed E-state index contributed by atoms with van der Waals surface area (Å²) in [5, 5.41) is 27.8. The number of carbonyl (C=O) groups is 2. The molecule has 0 radical (unpaired) electrons. The molecule has 0 saturated carbocycles. The summed E-state index contributed by atoms with van der Waals surface area (Å²) in [5.41, 5.74) is 0.360. The molecule has 2 rings (SSSR count). The first-order valence-electron chi connectivity index (χ1n) is 7.57. The second kappa shape index (κ2) is 8.03. The fraction of sp³-hybridized carbons (Fsp3) is 0.267. The van der Waals surface area contributed by atoms with E-state index < -0.39 is 28.3 Å². The number of esters is 1. The van der Waals surface area contributed by atoms with Gasteiger partial charge in [-0.1, -0.05) is 0 Å². The molecule has 0 bridgehead atoms. The Bertz CT molecular complexity index is 904. The highest BCUT2D eigenvalue weighted by Gasteiger charge is 2.23. The van der Waals surface area contributed by atoms with Crippen LogP contribution in [-0.2, 0) is 20.9 Å². The molecule has 12 heteroatoms. The van der Waals surface area contributed by atoms with Crippen molar-refractivity contribution >= 4 is 28.9 Å². The van der Waals surface area contributed by atoms with E-state index >= 15 is 0 Å². The molecule has 0 atom stereocenters. The average molecular weight is 377 g/mol. The Morgan fingerprint density at radius 1 is 1.15 bits per heavy atom. The fourth-order valence-electron chi connectivity index (χ4n) is 2.28. The second-order valence-corrected chi connectivity index (χ2v) is 5.45. The van der Waals surface area contributed by atoms with Crippen molar-refractivity contribution in [3.8, 4) is 0 Å². The first-order valence-corrected chi connectivity index (χ1v) is 7.57. The van der Waals surface area contributed by atoms with Crippen LogP contribution in [-0.4, -0.2) is 38.1 Å². The van der Waals surface area contributed by atoms with Gasteiger partial charge in [-0.15, -0.1) is 0 Å². The van der Waals surface area contributed by atoms with E-state index in [0.717, 1.165) is 4.68 Å². The van der Waals surface area contributed by atoms with Gasteiger partial charge in [0.25, 0.3) is 11.6 Å². The number of carbonyl (C=O) groups excluding carboxylic acids is 2. The van der Waals surface area contributed by atoms with Crippen LogP contribution in [0, 0.1) is 34.1 Å². The van der Waals surface area contributed by atoms with Crippen LogP contribution in [0.25, 0.3) is 0 Å². The number of nitrogens with zero attached hydrogens (tertiary/aromatic N) is 4. The second-order valence-electron chi connectivity index (χ2n) is 5.45. The Labute approximate surface area is 152 Å². The van der Waals surface area contributed by atoms with Crippen molar-refractivity contribution < 1.29 is 24.2 Å². The van der Waals surface area contributed by atoms with Crippen LogP contribution in [0.5, 0.6) is 0 Å². The topological polar surface area (TPSA) is 160 Å². The third kappa shape index (κ3) is 4.84. The number of hydrogen-bond acceptors (Lipinski definition) is 8. The van der Waals surface area contributed by atoms with Gasteiger partial charge in [0.15, 0.2) is 6.61 Å². The predicted molar refractivity (Wildman–Crippen MR) is 91.0 cm³/mol. The summed E-state index contributed by atoms with van der Waals surface area (Å²) in [4.78, 5) is 43.9. The van der Waals surface area contributed by atoms with Crippen molar-refractivity contribution in [3.63, 3.8) is 0 Å². The van der Waals surface area contributed by atoms with E-state index in [4.69, 9.17) is 4.74 Å². The highest BCUT2D eigenvalue weighted by atomic mass is 16.6. The summed E-state index contributed by atoms with van der Waals surface area (Å²) in [6.07, 6.45) is 0. The largest absolute Gasteiger partial charge is 0.454 e. The zero-order chi connectivity index (χ0) is 20.1. The highest BCUT2D eigenvalue weighted by Crippen LogP contribution is 2.21. The molecule has 27 heavy (non-hydrogen) atoms. The van der Waals surface area contributed by atoms with Gasteiger partial charge >= 0.3 is 11.7 Å². The molecule has 0 spiro atoms. The number of nitro benzene ring substituents is 1. The summed E-state index contributed by atoms with van der Waals surface area (Å²) >= 11 is 0. The van der Waals surface area contributed by atoms with Gasteiger partial charge in [0, 0.05) is 17.8 Å². The number of nitrogens with one attached hydrogen (secondary N) is 1. The van der Waals surface area contributed by atoms with Crippen LogP contribution >= 0.6 is 0 Å². The number of hydrogen-bond donors (Lipinski definition) is 1. The molecule has 12 nitrogen and oxygen atoms in total. The number of nitro groups is 2. The molecule has 0 aliphatic heterocycles. The van der Waals surface area contributed by atoms with Gasteiger partial charge < -0.3 is 10.1 Å². The fourth-order valence-corrected chi connectivity index (χ4v) is 2.28. The Morgan fingerprint density at radius 3 is 2.30 bits per heavy atom. The lowest BCUT2D eigenvalue weighted by atomic mass is 10.3. The summed E-state index contributed by atoms with van der Waals surface area (Å²) in [6.45, 7) is 1.93. The summed E-state index contributed by atoms with van der Waals surface area (Å²) in [6, 6.07) is 5.12. The molecular weight excluding hydrogens is 362 g/mol. The number of ether oxygens (including phenoxy) is 1. The maximum absolute atomic E-state index is 11.8. The lowest BCUT2D eigenvalue weighted by Crippen LogP contribution is -2.23. The summed E-state index contributed by atoms with van der Waals surface area (Å²) < 4.78 is 5.95. The normalized spacial score (nSPS) is 10.3. The molecule has 0 saturated heterocycles. The van der Waals surface area contributed by atoms with Gasteiger partial charge in [-0.05, 0) is 26.0 Å². The minimum absolute atomic E-state index is 0.126. The van der Waals surface area contributed by atoms with E-state index in [1.165, 1.54) is 38.1 Å². The Morgan fingerprint density at radius 2 is 1.78 bits per heavy atom. The molecular formula is C15H15N5O7. The Hall–Kier alpha value is -3.83. The van der Waals surface area contributed by atoms with Crippen LogP contribution < -0.4 is 5.32 Å². The quantitative estimate of drug-likeness (QED) is 0.431. The summed E-state index contributed by atoms with van der Waals surface area (Å²) in [5.74, 6) is -1.44. The molecule has 0 fully saturated rings. The van der Waals surface area contributed by atoms with Crippen molar-refractivity contribution in [2.24, 2.45) is 0 Å². The van der Waals surface area contributed by atoms with Gasteiger partial charge in [-0.2, -0.15) is 5.10 Å². The molecule has 2 aromatic rings. The van der Waals surface area contributed by atoms with Crippen LogP contribution in [0.4, 0.5) is 17.1 Å². The Kier molecular flexibility index (Phi) is 5.80. The molecule has 1 aromatic heterocycles. The molecule has 142 valence electrons. The molecule has 0 unspecified atom stereocenters.